The van der Waals surface area contributed by atoms with E-state index in [0.717, 1.165) is 11.3 Å². The highest BCUT2D eigenvalue weighted by Gasteiger charge is 2.19. The summed E-state index contributed by atoms with van der Waals surface area (Å²) in [5.74, 6) is -0.811. The van der Waals surface area contributed by atoms with E-state index in [0.29, 0.717) is 20.5 Å². The Hall–Kier alpha value is -2.03. The topological polar surface area (TPSA) is 121 Å². The number of anilines is 1. The zero-order valence-electron chi connectivity index (χ0n) is 16.1. The number of ether oxygens (including phenoxy) is 2. The number of rotatable bonds is 7. The summed E-state index contributed by atoms with van der Waals surface area (Å²) in [6.07, 6.45) is 1.51. The maximum absolute atomic E-state index is 12.4. The van der Waals surface area contributed by atoms with Gasteiger partial charge in [-0.05, 0) is 49.4 Å². The molecule has 0 unspecified atom stereocenters. The molecule has 0 aliphatic rings. The molecule has 0 spiro atoms. The van der Waals surface area contributed by atoms with Crippen LogP contribution in [0, 0.1) is 3.57 Å². The Morgan fingerprint density at radius 1 is 1.37 bits per heavy atom. The van der Waals surface area contributed by atoms with E-state index in [2.05, 4.69) is 20.6 Å². The Morgan fingerprint density at radius 2 is 2.13 bits per heavy atom. The van der Waals surface area contributed by atoms with Crippen molar-refractivity contribution in [2.24, 2.45) is 0 Å². The summed E-state index contributed by atoms with van der Waals surface area (Å²) >= 11 is 8.94. The third kappa shape index (κ3) is 5.77. The molecule has 0 aliphatic carbocycles. The van der Waals surface area contributed by atoms with Crippen LogP contribution in [0.5, 0.6) is 5.75 Å². The second kappa shape index (κ2) is 9.41. The quantitative estimate of drug-likeness (QED) is 0.342. The van der Waals surface area contributed by atoms with Gasteiger partial charge in [0, 0.05) is 6.07 Å². The minimum atomic E-state index is -0.760. The van der Waals surface area contributed by atoms with E-state index in [1.54, 1.807) is 6.07 Å². The van der Waals surface area contributed by atoms with Crippen LogP contribution in [0.3, 0.4) is 0 Å². The normalized spacial score (nSPS) is 11.5. The van der Waals surface area contributed by atoms with E-state index in [-0.39, 0.29) is 28.8 Å². The maximum Gasteiger partial charge on any atom is 0.380 e. The van der Waals surface area contributed by atoms with Crippen LogP contribution in [-0.2, 0) is 4.74 Å². The summed E-state index contributed by atoms with van der Waals surface area (Å²) in [4.78, 5) is 24.7. The first-order valence-corrected chi connectivity index (χ1v) is 10.9. The van der Waals surface area contributed by atoms with Crippen molar-refractivity contribution in [1.29, 1.82) is 0 Å². The molecule has 1 amide bonds. The maximum atomic E-state index is 12.4. The number of aromatic nitrogens is 4. The molecule has 13 heteroatoms. The lowest BCUT2D eigenvalue weighted by Gasteiger charge is -2.19. The second-order valence-electron chi connectivity index (χ2n) is 6.79. The molecule has 0 saturated heterocycles. The van der Waals surface area contributed by atoms with Gasteiger partial charge in [-0.3, -0.25) is 10.1 Å². The van der Waals surface area contributed by atoms with Gasteiger partial charge < -0.3 is 13.9 Å². The van der Waals surface area contributed by atoms with E-state index < -0.39 is 11.5 Å². The third-order valence-electron chi connectivity index (χ3n) is 3.36. The first kappa shape index (κ1) is 22.7. The lowest BCUT2D eigenvalue weighted by Crippen LogP contribution is -2.23. The highest BCUT2D eigenvalue weighted by molar-refractivity contribution is 14.1. The monoisotopic (exact) mass is 565 g/mol. The van der Waals surface area contributed by atoms with Gasteiger partial charge in [0.25, 0.3) is 5.91 Å². The van der Waals surface area contributed by atoms with Crippen LogP contribution < -0.4 is 15.7 Å². The molecule has 3 rings (SSSR count). The molecule has 3 aromatic rings. The van der Waals surface area contributed by atoms with Crippen LogP contribution in [0.15, 0.2) is 27.5 Å². The molecule has 10 nitrogen and oxygen atoms in total. The fourth-order valence-electron chi connectivity index (χ4n) is 2.12. The van der Waals surface area contributed by atoms with Crippen LogP contribution in [0.2, 0.25) is 5.15 Å². The summed E-state index contributed by atoms with van der Waals surface area (Å²) < 4.78 is 17.9. The highest BCUT2D eigenvalue weighted by atomic mass is 127. The van der Waals surface area contributed by atoms with Gasteiger partial charge in [-0.2, -0.15) is 9.78 Å². The smallest absolute Gasteiger partial charge is 0.380 e. The molecule has 3 heterocycles. The second-order valence-corrected chi connectivity index (χ2v) is 9.30. The molecular formula is C17H17ClIN5O5S. The van der Waals surface area contributed by atoms with Crippen molar-refractivity contribution in [3.8, 4) is 10.9 Å². The lowest BCUT2D eigenvalue weighted by atomic mass is 10.2. The summed E-state index contributed by atoms with van der Waals surface area (Å²) in [6, 6.07) is 3.00. The van der Waals surface area contributed by atoms with Crippen molar-refractivity contribution >= 4 is 56.6 Å². The average molecular weight is 566 g/mol. The van der Waals surface area contributed by atoms with Gasteiger partial charge in [-0.15, -0.1) is 10.2 Å². The number of amides is 1. The van der Waals surface area contributed by atoms with Gasteiger partial charge in [0.05, 0.1) is 22.0 Å². The van der Waals surface area contributed by atoms with Crippen molar-refractivity contribution in [1.82, 2.24) is 20.0 Å². The number of hydrogen-bond donors (Lipinski definition) is 1. The molecule has 1 N–H and O–H groups in total. The van der Waals surface area contributed by atoms with Gasteiger partial charge in [0.1, 0.15) is 11.8 Å². The fraction of sp³-hybridized carbons (Fsp3) is 0.353. The molecule has 0 bridgehead atoms. The predicted molar refractivity (Wildman–Crippen MR) is 119 cm³/mol. The minimum absolute atomic E-state index is 0.0242. The van der Waals surface area contributed by atoms with Crippen molar-refractivity contribution in [2.45, 2.75) is 26.4 Å². The van der Waals surface area contributed by atoms with E-state index >= 15 is 0 Å². The lowest BCUT2D eigenvalue weighted by molar-refractivity contribution is -0.0167. The van der Waals surface area contributed by atoms with Crippen LogP contribution in [0.4, 0.5) is 5.13 Å². The SMILES string of the molecule is CC(C)(C)OCCOc1c(I)cc(C(=O)Nc2nnc(-n3nccc3Cl)s2)oc1=O. The zero-order valence-corrected chi connectivity index (χ0v) is 19.9. The molecule has 0 atom stereocenters. The molecule has 0 radical (unpaired) electrons. The third-order valence-corrected chi connectivity index (χ3v) is 5.27. The summed E-state index contributed by atoms with van der Waals surface area (Å²) in [5.41, 5.74) is -1.07. The molecule has 30 heavy (non-hydrogen) atoms. The highest BCUT2D eigenvalue weighted by Crippen LogP contribution is 2.23. The average Bonchev–Trinajstić information content (AvgIpc) is 3.27. The largest absolute Gasteiger partial charge is 0.483 e. The first-order chi connectivity index (χ1) is 14.1. The van der Waals surface area contributed by atoms with Crippen molar-refractivity contribution < 1.29 is 18.7 Å². The predicted octanol–water partition coefficient (Wildman–Crippen LogP) is 3.38. The number of hydrogen-bond acceptors (Lipinski definition) is 9. The number of nitrogens with one attached hydrogen (secondary N) is 1. The summed E-state index contributed by atoms with van der Waals surface area (Å²) in [6.45, 7) is 6.24. The van der Waals surface area contributed by atoms with Crippen LogP contribution in [0.1, 0.15) is 31.3 Å². The van der Waals surface area contributed by atoms with Crippen LogP contribution >= 0.6 is 45.5 Å². The first-order valence-electron chi connectivity index (χ1n) is 8.59. The number of halogens is 2. The molecule has 160 valence electrons. The van der Waals surface area contributed by atoms with Crippen LogP contribution in [0.25, 0.3) is 5.13 Å². The number of carbonyl (C=O) groups is 1. The van der Waals surface area contributed by atoms with E-state index in [1.807, 2.05) is 43.4 Å². The molecule has 3 aromatic heterocycles. The van der Waals surface area contributed by atoms with Crippen molar-refractivity contribution in [2.75, 3.05) is 18.5 Å². The van der Waals surface area contributed by atoms with Gasteiger partial charge in [-0.25, -0.2) is 4.79 Å². The van der Waals surface area contributed by atoms with Gasteiger partial charge >= 0.3 is 5.63 Å². The standard InChI is InChI=1S/C17H17ClIN5O5S/c1-17(2,3)28-7-6-27-12-9(19)8-10(29-14(12)26)13(25)21-15-22-23-16(30-15)24-11(18)4-5-20-24/h4-5,8H,6-7H2,1-3H3,(H,21,22,25). The van der Waals surface area contributed by atoms with E-state index in [9.17, 15) is 9.59 Å². The van der Waals surface area contributed by atoms with Gasteiger partial charge in [0.15, 0.2) is 5.76 Å². The molecular weight excluding hydrogens is 549 g/mol. The van der Waals surface area contributed by atoms with Crippen molar-refractivity contribution in [3.63, 3.8) is 0 Å². The van der Waals surface area contributed by atoms with Crippen LogP contribution in [-0.4, -0.2) is 44.7 Å². The molecule has 0 aromatic carbocycles. The van der Waals surface area contributed by atoms with Gasteiger partial charge in [0.2, 0.25) is 16.0 Å². The molecule has 0 saturated carbocycles. The number of nitrogens with zero attached hydrogens (tertiary/aromatic N) is 4. The number of carbonyl (C=O) groups excluding carboxylic acids is 1. The van der Waals surface area contributed by atoms with E-state index in [1.165, 1.54) is 16.9 Å². The van der Waals surface area contributed by atoms with Gasteiger partial charge in [-0.1, -0.05) is 22.9 Å². The zero-order chi connectivity index (χ0) is 21.9. The summed E-state index contributed by atoms with van der Waals surface area (Å²) in [7, 11) is 0. The Bertz CT molecular complexity index is 1110. The Morgan fingerprint density at radius 3 is 2.77 bits per heavy atom. The minimum Gasteiger partial charge on any atom is -0.483 e. The fourth-order valence-corrected chi connectivity index (χ4v) is 3.72. The Kier molecular flexibility index (Phi) is 7.10. The Labute approximate surface area is 193 Å². The Balaban J connectivity index is 1.66. The molecule has 0 fully saturated rings. The van der Waals surface area contributed by atoms with E-state index in [4.69, 9.17) is 25.5 Å². The summed E-state index contributed by atoms with van der Waals surface area (Å²) in [5, 5.41) is 15.2. The van der Waals surface area contributed by atoms with Crippen molar-refractivity contribution in [3.05, 3.63) is 43.2 Å². The molecule has 0 aliphatic heterocycles.